The molecule has 1 atom stereocenters. The first-order valence-electron chi connectivity index (χ1n) is 10.4. The van der Waals surface area contributed by atoms with E-state index >= 15 is 0 Å². The van der Waals surface area contributed by atoms with Gasteiger partial charge in [-0.3, -0.25) is 9.59 Å². The van der Waals surface area contributed by atoms with Crippen LogP contribution in [-0.2, 0) is 16.1 Å². The molecule has 3 rings (SSSR count). The normalized spacial score (nSPS) is 11.7. The molecule has 5 nitrogen and oxygen atoms in total. The molecule has 0 saturated carbocycles. The van der Waals surface area contributed by atoms with Gasteiger partial charge in [-0.25, -0.2) is 0 Å². The standard InChI is InChI=1S/C25H27BrN2O3/c1-3-15-27-25(30)18(2)28(16-19-9-5-4-6-10-19)23(29)17-31-22-14-13-20-11-7-8-12-21(20)24(22)26/h4-14,18H,3,15-17H2,1-2H3,(H,27,30)/t18-/m0/s1. The van der Waals surface area contributed by atoms with E-state index in [1.54, 1.807) is 11.8 Å². The van der Waals surface area contributed by atoms with Crippen molar-refractivity contribution in [1.29, 1.82) is 0 Å². The van der Waals surface area contributed by atoms with Gasteiger partial charge < -0.3 is 15.0 Å². The van der Waals surface area contributed by atoms with E-state index in [0.717, 1.165) is 27.2 Å². The quantitative estimate of drug-likeness (QED) is 0.470. The van der Waals surface area contributed by atoms with Crippen LogP contribution in [0.2, 0.25) is 0 Å². The molecular weight excluding hydrogens is 456 g/mol. The minimum absolute atomic E-state index is 0.158. The monoisotopic (exact) mass is 482 g/mol. The molecule has 0 unspecified atom stereocenters. The van der Waals surface area contributed by atoms with E-state index in [1.165, 1.54) is 0 Å². The fourth-order valence-corrected chi connectivity index (χ4v) is 3.91. The van der Waals surface area contributed by atoms with E-state index in [-0.39, 0.29) is 18.4 Å². The summed E-state index contributed by atoms with van der Waals surface area (Å²) in [5.41, 5.74) is 0.956. The molecule has 0 saturated heterocycles. The van der Waals surface area contributed by atoms with E-state index in [9.17, 15) is 9.59 Å². The Morgan fingerprint density at radius 2 is 1.74 bits per heavy atom. The van der Waals surface area contributed by atoms with Crippen molar-refractivity contribution < 1.29 is 14.3 Å². The second-order valence-corrected chi connectivity index (χ2v) is 8.15. The number of hydrogen-bond acceptors (Lipinski definition) is 3. The molecule has 0 aromatic heterocycles. The molecule has 0 aliphatic heterocycles. The van der Waals surface area contributed by atoms with Crippen LogP contribution in [0.15, 0.2) is 71.2 Å². The summed E-state index contributed by atoms with van der Waals surface area (Å²) >= 11 is 3.59. The van der Waals surface area contributed by atoms with E-state index in [2.05, 4.69) is 21.2 Å². The van der Waals surface area contributed by atoms with Crippen LogP contribution in [0, 0.1) is 0 Å². The van der Waals surface area contributed by atoms with Gasteiger partial charge in [-0.1, -0.05) is 67.6 Å². The topological polar surface area (TPSA) is 58.6 Å². The smallest absolute Gasteiger partial charge is 0.261 e. The van der Waals surface area contributed by atoms with Gasteiger partial charge in [0.05, 0.1) is 4.47 Å². The van der Waals surface area contributed by atoms with Crippen LogP contribution in [-0.4, -0.2) is 35.9 Å². The number of benzene rings is 3. The summed E-state index contributed by atoms with van der Waals surface area (Å²) in [4.78, 5) is 27.2. The first-order chi connectivity index (χ1) is 15.0. The average molecular weight is 483 g/mol. The third kappa shape index (κ3) is 5.85. The first kappa shape index (κ1) is 22.8. The summed E-state index contributed by atoms with van der Waals surface area (Å²) in [5.74, 6) is 0.177. The third-order valence-corrected chi connectivity index (χ3v) is 5.91. The van der Waals surface area contributed by atoms with Gasteiger partial charge in [-0.05, 0) is 51.7 Å². The van der Waals surface area contributed by atoms with E-state index in [1.807, 2.05) is 73.7 Å². The van der Waals surface area contributed by atoms with Crippen LogP contribution in [0.25, 0.3) is 10.8 Å². The van der Waals surface area contributed by atoms with Crippen molar-refractivity contribution in [2.75, 3.05) is 13.2 Å². The summed E-state index contributed by atoms with van der Waals surface area (Å²) < 4.78 is 6.67. The zero-order valence-electron chi connectivity index (χ0n) is 17.8. The zero-order chi connectivity index (χ0) is 22.2. The maximum Gasteiger partial charge on any atom is 0.261 e. The summed E-state index contributed by atoms with van der Waals surface area (Å²) in [6.07, 6.45) is 0.837. The van der Waals surface area contributed by atoms with Gasteiger partial charge in [0.2, 0.25) is 5.91 Å². The highest BCUT2D eigenvalue weighted by molar-refractivity contribution is 9.10. The van der Waals surface area contributed by atoms with Crippen molar-refractivity contribution in [1.82, 2.24) is 10.2 Å². The van der Waals surface area contributed by atoms with Gasteiger partial charge in [0, 0.05) is 13.1 Å². The maximum absolute atomic E-state index is 13.1. The molecule has 3 aromatic carbocycles. The summed E-state index contributed by atoms with van der Waals surface area (Å²) in [7, 11) is 0. The Labute approximate surface area is 191 Å². The number of fused-ring (bicyclic) bond motifs is 1. The van der Waals surface area contributed by atoms with Crippen molar-refractivity contribution in [2.24, 2.45) is 0 Å². The van der Waals surface area contributed by atoms with E-state index in [0.29, 0.717) is 18.8 Å². The number of carbonyl (C=O) groups excluding carboxylic acids is 2. The van der Waals surface area contributed by atoms with Gasteiger partial charge in [-0.2, -0.15) is 0 Å². The summed E-state index contributed by atoms with van der Waals surface area (Å²) in [6, 6.07) is 20.8. The van der Waals surface area contributed by atoms with Gasteiger partial charge in [0.25, 0.3) is 5.91 Å². The molecule has 1 N–H and O–H groups in total. The SMILES string of the molecule is CCCNC(=O)[C@H](C)N(Cc1ccccc1)C(=O)COc1ccc2ccccc2c1Br. The van der Waals surface area contributed by atoms with Crippen LogP contribution in [0.5, 0.6) is 5.75 Å². The predicted octanol–water partition coefficient (Wildman–Crippen LogP) is 4.92. The van der Waals surface area contributed by atoms with Crippen molar-refractivity contribution in [2.45, 2.75) is 32.9 Å². The third-order valence-electron chi connectivity index (χ3n) is 5.09. The molecular formula is C25H27BrN2O3. The fraction of sp³-hybridized carbons (Fsp3) is 0.280. The lowest BCUT2D eigenvalue weighted by atomic mass is 10.1. The van der Waals surface area contributed by atoms with Crippen LogP contribution in [0.1, 0.15) is 25.8 Å². The highest BCUT2D eigenvalue weighted by Gasteiger charge is 2.26. The second-order valence-electron chi connectivity index (χ2n) is 7.36. The minimum Gasteiger partial charge on any atom is -0.483 e. The largest absolute Gasteiger partial charge is 0.483 e. The second kappa shape index (κ2) is 11.0. The van der Waals surface area contributed by atoms with Gasteiger partial charge in [0.15, 0.2) is 6.61 Å². The summed E-state index contributed by atoms with van der Waals surface area (Å²) in [5, 5.41) is 4.97. The van der Waals surface area contributed by atoms with Crippen molar-refractivity contribution >= 4 is 38.5 Å². The Hall–Kier alpha value is -2.86. The zero-order valence-corrected chi connectivity index (χ0v) is 19.4. The van der Waals surface area contributed by atoms with Crippen LogP contribution in [0.4, 0.5) is 0 Å². The number of nitrogens with zero attached hydrogens (tertiary/aromatic N) is 1. The molecule has 0 radical (unpaired) electrons. The molecule has 3 aromatic rings. The number of nitrogens with one attached hydrogen (secondary N) is 1. The fourth-order valence-electron chi connectivity index (χ4n) is 3.31. The molecule has 2 amide bonds. The van der Waals surface area contributed by atoms with Crippen LogP contribution in [0.3, 0.4) is 0 Å². The van der Waals surface area contributed by atoms with Crippen LogP contribution < -0.4 is 10.1 Å². The number of amides is 2. The van der Waals surface area contributed by atoms with Crippen molar-refractivity contribution in [3.05, 3.63) is 76.8 Å². The minimum atomic E-state index is -0.608. The lowest BCUT2D eigenvalue weighted by Crippen LogP contribution is -2.49. The lowest BCUT2D eigenvalue weighted by molar-refractivity contribution is -0.142. The number of carbonyl (C=O) groups is 2. The highest BCUT2D eigenvalue weighted by Crippen LogP contribution is 2.33. The van der Waals surface area contributed by atoms with E-state index in [4.69, 9.17) is 4.74 Å². The molecule has 0 aliphatic rings. The highest BCUT2D eigenvalue weighted by atomic mass is 79.9. The Morgan fingerprint density at radius 1 is 1.03 bits per heavy atom. The molecule has 0 heterocycles. The Morgan fingerprint density at radius 3 is 2.48 bits per heavy atom. The maximum atomic E-state index is 13.1. The van der Waals surface area contributed by atoms with Crippen LogP contribution >= 0.6 is 15.9 Å². The molecule has 162 valence electrons. The number of hydrogen-bond donors (Lipinski definition) is 1. The van der Waals surface area contributed by atoms with Crippen molar-refractivity contribution in [3.63, 3.8) is 0 Å². The van der Waals surface area contributed by atoms with Crippen molar-refractivity contribution in [3.8, 4) is 5.75 Å². The Balaban J connectivity index is 1.76. The van der Waals surface area contributed by atoms with Gasteiger partial charge in [0.1, 0.15) is 11.8 Å². The molecule has 31 heavy (non-hydrogen) atoms. The lowest BCUT2D eigenvalue weighted by Gasteiger charge is -2.28. The predicted molar refractivity (Wildman–Crippen MR) is 127 cm³/mol. The Bertz CT molecular complexity index is 1040. The average Bonchev–Trinajstić information content (AvgIpc) is 2.80. The molecule has 0 bridgehead atoms. The molecule has 0 fully saturated rings. The van der Waals surface area contributed by atoms with E-state index < -0.39 is 6.04 Å². The summed E-state index contributed by atoms with van der Waals surface area (Å²) in [6.45, 7) is 4.50. The first-order valence-corrected chi connectivity index (χ1v) is 11.2. The number of ether oxygens (including phenoxy) is 1. The van der Waals surface area contributed by atoms with Gasteiger partial charge in [-0.15, -0.1) is 0 Å². The molecule has 0 aliphatic carbocycles. The number of rotatable bonds is 9. The van der Waals surface area contributed by atoms with Gasteiger partial charge >= 0.3 is 0 Å². The number of halogens is 1. The molecule has 0 spiro atoms. The molecule has 6 heteroatoms. The Kier molecular flexibility index (Phi) is 8.06.